The van der Waals surface area contributed by atoms with Crippen LogP contribution in [0.2, 0.25) is 0 Å². The molecule has 0 aliphatic heterocycles. The summed E-state index contributed by atoms with van der Waals surface area (Å²) in [6.45, 7) is 2.26. The second-order valence-corrected chi connectivity index (χ2v) is 8.90. The fourth-order valence-corrected chi connectivity index (χ4v) is 4.87. The molecule has 7 nitrogen and oxygen atoms in total. The van der Waals surface area contributed by atoms with E-state index in [-0.39, 0.29) is 17.8 Å². The number of benzene rings is 2. The molecule has 0 atom stereocenters. The first-order chi connectivity index (χ1) is 15.1. The van der Waals surface area contributed by atoms with Crippen molar-refractivity contribution in [3.8, 4) is 11.3 Å². The Kier molecular flexibility index (Phi) is 5.05. The first kappa shape index (κ1) is 19.5. The van der Waals surface area contributed by atoms with E-state index in [9.17, 15) is 9.59 Å². The number of thiazole rings is 1. The van der Waals surface area contributed by atoms with Crippen LogP contribution in [0, 0.1) is 6.92 Å². The van der Waals surface area contributed by atoms with Gasteiger partial charge in [0.1, 0.15) is 10.7 Å². The molecule has 31 heavy (non-hydrogen) atoms. The summed E-state index contributed by atoms with van der Waals surface area (Å²) in [5, 5.41) is 6.77. The lowest BCUT2D eigenvalue weighted by molar-refractivity contribution is 0.605. The number of hydrogen-bond donors (Lipinski definition) is 0. The van der Waals surface area contributed by atoms with Crippen molar-refractivity contribution < 1.29 is 0 Å². The average molecular weight is 448 g/mol. The van der Waals surface area contributed by atoms with E-state index in [1.165, 1.54) is 16.1 Å². The summed E-state index contributed by atoms with van der Waals surface area (Å²) in [5.74, 6) is 0. The normalized spacial score (nSPS) is 11.3. The molecule has 0 aliphatic carbocycles. The average Bonchev–Trinajstić information content (AvgIpc) is 3.45. The second kappa shape index (κ2) is 8.01. The van der Waals surface area contributed by atoms with Crippen molar-refractivity contribution >= 4 is 33.1 Å². The molecule has 154 valence electrons. The largest absolute Gasteiger partial charge is 0.331 e. The third-order valence-electron chi connectivity index (χ3n) is 5.00. The van der Waals surface area contributed by atoms with Gasteiger partial charge in [-0.1, -0.05) is 40.9 Å². The van der Waals surface area contributed by atoms with Gasteiger partial charge in [-0.15, -0.1) is 16.4 Å². The summed E-state index contributed by atoms with van der Waals surface area (Å²) in [6, 6.07) is 15.5. The number of para-hydroxylation sites is 1. The van der Waals surface area contributed by atoms with Crippen molar-refractivity contribution in [1.82, 2.24) is 23.7 Å². The molecule has 0 saturated heterocycles. The van der Waals surface area contributed by atoms with Gasteiger partial charge in [0.2, 0.25) is 0 Å². The lowest BCUT2D eigenvalue weighted by Gasteiger charge is -2.11. The van der Waals surface area contributed by atoms with Crippen LogP contribution < -0.4 is 11.2 Å². The predicted molar refractivity (Wildman–Crippen MR) is 123 cm³/mol. The third kappa shape index (κ3) is 3.85. The van der Waals surface area contributed by atoms with E-state index in [0.717, 1.165) is 32.0 Å². The number of fused-ring (bicyclic) bond motifs is 1. The zero-order chi connectivity index (χ0) is 21.4. The molecule has 5 rings (SSSR count). The van der Waals surface area contributed by atoms with Crippen molar-refractivity contribution in [2.24, 2.45) is 0 Å². The molecule has 9 heteroatoms. The van der Waals surface area contributed by atoms with Gasteiger partial charge < -0.3 is 0 Å². The number of aromatic nitrogens is 5. The van der Waals surface area contributed by atoms with Gasteiger partial charge in [0.25, 0.3) is 5.56 Å². The first-order valence-corrected chi connectivity index (χ1v) is 11.3. The Bertz CT molecular complexity index is 1450. The molecule has 0 unspecified atom stereocenters. The predicted octanol–water partition coefficient (Wildman–Crippen LogP) is 3.54. The number of hydrogen-bond acceptors (Lipinski definition) is 7. The van der Waals surface area contributed by atoms with E-state index >= 15 is 0 Å². The van der Waals surface area contributed by atoms with Crippen LogP contribution in [-0.4, -0.2) is 23.7 Å². The van der Waals surface area contributed by atoms with Gasteiger partial charge in [0, 0.05) is 22.7 Å². The van der Waals surface area contributed by atoms with Crippen molar-refractivity contribution in [3.63, 3.8) is 0 Å². The number of rotatable bonds is 5. The van der Waals surface area contributed by atoms with E-state index in [4.69, 9.17) is 0 Å². The lowest BCUT2D eigenvalue weighted by Crippen LogP contribution is -2.41. The van der Waals surface area contributed by atoms with Crippen molar-refractivity contribution in [1.29, 1.82) is 0 Å². The summed E-state index contributed by atoms with van der Waals surface area (Å²) < 4.78 is 7.79. The summed E-state index contributed by atoms with van der Waals surface area (Å²) in [5.41, 5.74) is 3.43. The molecule has 0 radical (unpaired) electrons. The smallest absolute Gasteiger partial charge is 0.293 e. The van der Waals surface area contributed by atoms with Crippen LogP contribution in [0.5, 0.6) is 0 Å². The van der Waals surface area contributed by atoms with E-state index in [1.807, 2.05) is 53.9 Å². The highest BCUT2D eigenvalue weighted by Gasteiger charge is 2.12. The molecule has 0 saturated carbocycles. The molecule has 5 aromatic rings. The van der Waals surface area contributed by atoms with E-state index in [0.29, 0.717) is 12.1 Å². The summed E-state index contributed by atoms with van der Waals surface area (Å²) >= 11 is 2.85. The molecule has 0 bridgehead atoms. The van der Waals surface area contributed by atoms with Gasteiger partial charge in [0.05, 0.1) is 23.3 Å². The minimum atomic E-state index is -0.345. The Morgan fingerprint density at radius 3 is 2.55 bits per heavy atom. The van der Waals surface area contributed by atoms with Gasteiger partial charge in [-0.25, -0.2) is 9.78 Å². The molecular formula is C22H17N5O2S2. The fourth-order valence-electron chi connectivity index (χ4n) is 3.44. The van der Waals surface area contributed by atoms with Crippen LogP contribution in [0.15, 0.2) is 69.7 Å². The monoisotopic (exact) mass is 447 g/mol. The summed E-state index contributed by atoms with van der Waals surface area (Å²) in [4.78, 5) is 30.4. The van der Waals surface area contributed by atoms with Crippen molar-refractivity contribution in [3.05, 3.63) is 97.1 Å². The van der Waals surface area contributed by atoms with Crippen molar-refractivity contribution in [2.75, 3.05) is 0 Å². The SMILES string of the molecule is Cc1cn(Cc2nc3ccccc3s2)c(=O)n(Cc2ccc(-c3csnn3)cc2)c1=O. The summed E-state index contributed by atoms with van der Waals surface area (Å²) in [7, 11) is 0. The lowest BCUT2D eigenvalue weighted by atomic mass is 10.1. The zero-order valence-electron chi connectivity index (χ0n) is 16.6. The summed E-state index contributed by atoms with van der Waals surface area (Å²) in [6.07, 6.45) is 1.62. The van der Waals surface area contributed by atoms with Gasteiger partial charge in [-0.2, -0.15) is 0 Å². The highest BCUT2D eigenvalue weighted by atomic mass is 32.1. The van der Waals surface area contributed by atoms with Crippen LogP contribution in [0.25, 0.3) is 21.5 Å². The first-order valence-electron chi connectivity index (χ1n) is 9.60. The molecule has 0 amide bonds. The van der Waals surface area contributed by atoms with Crippen LogP contribution in [0.3, 0.4) is 0 Å². The fraction of sp³-hybridized carbons (Fsp3) is 0.136. The number of nitrogens with zero attached hydrogens (tertiary/aromatic N) is 5. The van der Waals surface area contributed by atoms with Gasteiger partial charge in [-0.3, -0.25) is 13.9 Å². The van der Waals surface area contributed by atoms with Crippen LogP contribution in [0.1, 0.15) is 16.1 Å². The highest BCUT2D eigenvalue weighted by molar-refractivity contribution is 7.18. The van der Waals surface area contributed by atoms with Gasteiger partial charge >= 0.3 is 5.69 Å². The third-order valence-corrected chi connectivity index (χ3v) is 6.53. The molecule has 0 aliphatic rings. The minimum Gasteiger partial charge on any atom is -0.293 e. The van der Waals surface area contributed by atoms with Gasteiger partial charge in [-0.05, 0) is 36.2 Å². The van der Waals surface area contributed by atoms with Gasteiger partial charge in [0.15, 0.2) is 0 Å². The molecular weight excluding hydrogens is 430 g/mol. The van der Waals surface area contributed by atoms with E-state index < -0.39 is 0 Å². The van der Waals surface area contributed by atoms with Crippen LogP contribution in [0.4, 0.5) is 0 Å². The molecule has 3 aromatic heterocycles. The Labute approximate surface area is 185 Å². The highest BCUT2D eigenvalue weighted by Crippen LogP contribution is 2.22. The maximum Gasteiger partial charge on any atom is 0.331 e. The standard InChI is InChI=1S/C22H17N5O2S2/c1-14-10-26(12-20-23-17-4-2-3-5-19(17)31-20)22(29)27(21(14)28)11-15-6-8-16(9-7-15)18-13-30-25-24-18/h2-10,13H,11-12H2,1H3. The van der Waals surface area contributed by atoms with E-state index in [2.05, 4.69) is 14.6 Å². The molecule has 0 N–H and O–H groups in total. The quantitative estimate of drug-likeness (QED) is 0.412. The second-order valence-electron chi connectivity index (χ2n) is 7.18. The molecule has 3 heterocycles. The molecule has 0 fully saturated rings. The van der Waals surface area contributed by atoms with Crippen LogP contribution >= 0.6 is 22.9 Å². The molecule has 0 spiro atoms. The Balaban J connectivity index is 1.46. The molecule has 2 aromatic carbocycles. The van der Waals surface area contributed by atoms with Crippen molar-refractivity contribution in [2.45, 2.75) is 20.0 Å². The van der Waals surface area contributed by atoms with E-state index in [1.54, 1.807) is 29.0 Å². The Morgan fingerprint density at radius 2 is 1.81 bits per heavy atom. The minimum absolute atomic E-state index is 0.203. The maximum atomic E-state index is 13.1. The Morgan fingerprint density at radius 1 is 1.00 bits per heavy atom. The maximum absolute atomic E-state index is 13.1. The Hall–Kier alpha value is -3.43. The zero-order valence-corrected chi connectivity index (χ0v) is 18.2. The van der Waals surface area contributed by atoms with Crippen LogP contribution in [-0.2, 0) is 13.1 Å². The topological polar surface area (TPSA) is 82.7 Å². The number of aryl methyl sites for hydroxylation is 1.